The summed E-state index contributed by atoms with van der Waals surface area (Å²) in [4.78, 5) is 25.0. The molecule has 0 radical (unpaired) electrons. The quantitative estimate of drug-likeness (QED) is 0.606. The average molecular weight is 356 g/mol. The van der Waals surface area contributed by atoms with Gasteiger partial charge < -0.3 is 4.74 Å². The summed E-state index contributed by atoms with van der Waals surface area (Å²) >= 11 is 0. The SMILES string of the molecule is CCOC(=O)[C@@H]1C(=O)C=C(c2ccccc2F)C[C@H]1c1cccc(F)c1. The van der Waals surface area contributed by atoms with E-state index >= 15 is 0 Å². The minimum Gasteiger partial charge on any atom is -0.465 e. The van der Waals surface area contributed by atoms with Gasteiger partial charge in [-0.2, -0.15) is 0 Å². The molecule has 2 aromatic carbocycles. The molecule has 134 valence electrons. The fourth-order valence-corrected chi connectivity index (χ4v) is 3.34. The van der Waals surface area contributed by atoms with E-state index in [0.29, 0.717) is 16.7 Å². The maximum atomic E-state index is 14.2. The summed E-state index contributed by atoms with van der Waals surface area (Å²) in [6, 6.07) is 11.9. The van der Waals surface area contributed by atoms with E-state index in [1.807, 2.05) is 0 Å². The fourth-order valence-electron chi connectivity index (χ4n) is 3.34. The van der Waals surface area contributed by atoms with Crippen LogP contribution in [0.25, 0.3) is 5.57 Å². The number of allylic oxidation sites excluding steroid dienone is 2. The van der Waals surface area contributed by atoms with Gasteiger partial charge in [-0.1, -0.05) is 30.3 Å². The molecule has 0 amide bonds. The Kier molecular flexibility index (Phi) is 5.26. The molecule has 2 atom stereocenters. The van der Waals surface area contributed by atoms with Crippen molar-refractivity contribution in [1.82, 2.24) is 0 Å². The predicted octanol–water partition coefficient (Wildman–Crippen LogP) is 4.28. The monoisotopic (exact) mass is 356 g/mol. The zero-order chi connectivity index (χ0) is 18.7. The summed E-state index contributed by atoms with van der Waals surface area (Å²) in [5, 5.41) is 0. The molecule has 0 heterocycles. The van der Waals surface area contributed by atoms with Gasteiger partial charge in [0, 0.05) is 11.5 Å². The molecule has 2 aromatic rings. The first-order valence-electron chi connectivity index (χ1n) is 8.42. The van der Waals surface area contributed by atoms with Gasteiger partial charge in [0.25, 0.3) is 0 Å². The van der Waals surface area contributed by atoms with Crippen LogP contribution < -0.4 is 0 Å². The minimum atomic E-state index is -1.06. The van der Waals surface area contributed by atoms with Crippen LogP contribution in [0, 0.1) is 17.6 Å². The van der Waals surface area contributed by atoms with Gasteiger partial charge in [-0.15, -0.1) is 0 Å². The fraction of sp³-hybridized carbons (Fsp3) is 0.238. The van der Waals surface area contributed by atoms with Crippen molar-refractivity contribution in [2.45, 2.75) is 19.3 Å². The van der Waals surface area contributed by atoms with E-state index in [0.717, 1.165) is 0 Å². The van der Waals surface area contributed by atoms with E-state index in [-0.39, 0.29) is 13.0 Å². The van der Waals surface area contributed by atoms with E-state index in [1.165, 1.54) is 30.3 Å². The van der Waals surface area contributed by atoms with Crippen molar-refractivity contribution < 1.29 is 23.1 Å². The topological polar surface area (TPSA) is 43.4 Å². The van der Waals surface area contributed by atoms with Crippen molar-refractivity contribution in [2.24, 2.45) is 5.92 Å². The van der Waals surface area contributed by atoms with Crippen LogP contribution in [0.1, 0.15) is 30.4 Å². The number of halogens is 2. The highest BCUT2D eigenvalue weighted by atomic mass is 19.1. The molecule has 26 heavy (non-hydrogen) atoms. The first kappa shape index (κ1) is 18.0. The van der Waals surface area contributed by atoms with E-state index in [1.54, 1.807) is 31.2 Å². The van der Waals surface area contributed by atoms with Crippen LogP contribution >= 0.6 is 0 Å². The lowest BCUT2D eigenvalue weighted by molar-refractivity contribution is -0.151. The van der Waals surface area contributed by atoms with Crippen molar-refractivity contribution >= 4 is 17.3 Å². The third-order valence-electron chi connectivity index (χ3n) is 4.50. The molecule has 0 saturated carbocycles. The Morgan fingerprint density at radius 3 is 2.62 bits per heavy atom. The predicted molar refractivity (Wildman–Crippen MR) is 93.3 cm³/mol. The molecule has 3 nitrogen and oxygen atoms in total. The molecule has 0 saturated heterocycles. The number of ether oxygens (including phenoxy) is 1. The second kappa shape index (κ2) is 7.60. The first-order chi connectivity index (χ1) is 12.5. The van der Waals surface area contributed by atoms with Crippen LogP contribution in [-0.2, 0) is 14.3 Å². The molecule has 0 bridgehead atoms. The Labute approximate surface area is 150 Å². The normalized spacial score (nSPS) is 19.8. The Balaban J connectivity index is 2.06. The Morgan fingerprint density at radius 2 is 1.92 bits per heavy atom. The number of ketones is 1. The number of hydrogen-bond acceptors (Lipinski definition) is 3. The van der Waals surface area contributed by atoms with E-state index < -0.39 is 35.2 Å². The number of hydrogen-bond donors (Lipinski definition) is 0. The van der Waals surface area contributed by atoms with Crippen LogP contribution in [0.15, 0.2) is 54.6 Å². The molecule has 0 spiro atoms. The Morgan fingerprint density at radius 1 is 1.15 bits per heavy atom. The largest absolute Gasteiger partial charge is 0.465 e. The lowest BCUT2D eigenvalue weighted by Gasteiger charge is -2.29. The third-order valence-corrected chi connectivity index (χ3v) is 4.50. The van der Waals surface area contributed by atoms with Gasteiger partial charge in [0.05, 0.1) is 6.61 Å². The van der Waals surface area contributed by atoms with Crippen LogP contribution in [0.5, 0.6) is 0 Å². The molecule has 3 rings (SSSR count). The van der Waals surface area contributed by atoms with Gasteiger partial charge in [-0.05, 0) is 48.8 Å². The van der Waals surface area contributed by atoms with E-state index in [4.69, 9.17) is 4.74 Å². The molecule has 0 aliphatic heterocycles. The van der Waals surface area contributed by atoms with Gasteiger partial charge in [0.2, 0.25) is 0 Å². The van der Waals surface area contributed by atoms with E-state index in [9.17, 15) is 18.4 Å². The Bertz CT molecular complexity index is 873. The van der Waals surface area contributed by atoms with Crippen LogP contribution in [0.2, 0.25) is 0 Å². The van der Waals surface area contributed by atoms with Gasteiger partial charge in [0.1, 0.15) is 17.6 Å². The smallest absolute Gasteiger partial charge is 0.317 e. The van der Waals surface area contributed by atoms with Crippen molar-refractivity contribution in [3.63, 3.8) is 0 Å². The molecule has 5 heteroatoms. The van der Waals surface area contributed by atoms with Crippen molar-refractivity contribution in [2.75, 3.05) is 6.61 Å². The maximum absolute atomic E-state index is 14.2. The van der Waals surface area contributed by atoms with E-state index in [2.05, 4.69) is 0 Å². The standard InChI is InChI=1S/C21H18F2O3/c1-2-26-21(25)20-17(13-6-5-7-15(22)10-13)11-14(12-19(20)24)16-8-3-4-9-18(16)23/h3-10,12,17,20H,2,11H2,1H3/t17-,20-/m0/s1. The Hall–Kier alpha value is -2.82. The molecular weight excluding hydrogens is 338 g/mol. The molecule has 0 fully saturated rings. The van der Waals surface area contributed by atoms with Crippen LogP contribution in [-0.4, -0.2) is 18.4 Å². The van der Waals surface area contributed by atoms with Gasteiger partial charge in [-0.3, -0.25) is 9.59 Å². The summed E-state index contributed by atoms with van der Waals surface area (Å²) in [5.74, 6) is -3.68. The lowest BCUT2D eigenvalue weighted by Crippen LogP contribution is -2.34. The van der Waals surface area contributed by atoms with Crippen LogP contribution in [0.3, 0.4) is 0 Å². The average Bonchev–Trinajstić information content (AvgIpc) is 2.61. The van der Waals surface area contributed by atoms with Gasteiger partial charge in [0.15, 0.2) is 5.78 Å². The van der Waals surface area contributed by atoms with Crippen molar-refractivity contribution in [3.8, 4) is 0 Å². The lowest BCUT2D eigenvalue weighted by atomic mass is 9.73. The maximum Gasteiger partial charge on any atom is 0.317 e. The number of rotatable bonds is 4. The zero-order valence-electron chi connectivity index (χ0n) is 14.2. The number of esters is 1. The molecule has 1 aliphatic carbocycles. The second-order valence-corrected chi connectivity index (χ2v) is 6.15. The number of carbonyl (C=O) groups excluding carboxylic acids is 2. The summed E-state index contributed by atoms with van der Waals surface area (Å²) in [6.45, 7) is 1.80. The summed E-state index contributed by atoms with van der Waals surface area (Å²) in [5.41, 5.74) is 1.31. The molecule has 0 unspecified atom stereocenters. The summed E-state index contributed by atoms with van der Waals surface area (Å²) in [6.07, 6.45) is 1.54. The summed E-state index contributed by atoms with van der Waals surface area (Å²) < 4.78 is 32.9. The highest BCUT2D eigenvalue weighted by Crippen LogP contribution is 2.40. The highest BCUT2D eigenvalue weighted by molar-refractivity contribution is 6.10. The molecule has 1 aliphatic rings. The van der Waals surface area contributed by atoms with Crippen LogP contribution in [0.4, 0.5) is 8.78 Å². The zero-order valence-corrected chi connectivity index (χ0v) is 14.2. The summed E-state index contributed by atoms with van der Waals surface area (Å²) in [7, 11) is 0. The number of carbonyl (C=O) groups is 2. The van der Waals surface area contributed by atoms with Gasteiger partial charge >= 0.3 is 5.97 Å². The highest BCUT2D eigenvalue weighted by Gasteiger charge is 2.40. The molecule has 0 N–H and O–H groups in total. The number of benzene rings is 2. The minimum absolute atomic E-state index is 0.141. The van der Waals surface area contributed by atoms with Crippen molar-refractivity contribution in [1.29, 1.82) is 0 Å². The molecular formula is C21H18F2O3. The first-order valence-corrected chi connectivity index (χ1v) is 8.42. The molecule has 0 aromatic heterocycles. The van der Waals surface area contributed by atoms with Crippen molar-refractivity contribution in [3.05, 3.63) is 77.4 Å². The third kappa shape index (κ3) is 3.57. The van der Waals surface area contributed by atoms with Gasteiger partial charge in [-0.25, -0.2) is 8.78 Å². The second-order valence-electron chi connectivity index (χ2n) is 6.15.